The molecule has 5 nitrogen and oxygen atoms in total. The lowest BCUT2D eigenvalue weighted by Crippen LogP contribution is -2.49. The van der Waals surface area contributed by atoms with Gasteiger partial charge in [0.1, 0.15) is 6.04 Å². The number of hydrogen-bond donors (Lipinski definition) is 1. The second-order valence-corrected chi connectivity index (χ2v) is 5.20. The van der Waals surface area contributed by atoms with E-state index in [0.29, 0.717) is 25.2 Å². The van der Waals surface area contributed by atoms with Crippen LogP contribution in [0.25, 0.3) is 0 Å². The monoisotopic (exact) mass is 256 g/mol. The maximum Gasteiger partial charge on any atom is 0.324 e. The average Bonchev–Trinajstić information content (AvgIpc) is 2.99. The summed E-state index contributed by atoms with van der Waals surface area (Å²) in [6.45, 7) is 4.59. The van der Waals surface area contributed by atoms with Gasteiger partial charge in [0, 0.05) is 25.2 Å². The van der Waals surface area contributed by atoms with E-state index in [0.717, 1.165) is 19.6 Å². The molecule has 0 aromatic heterocycles. The Morgan fingerprint density at radius 1 is 1.50 bits per heavy atom. The normalized spacial score (nSPS) is 25.4. The predicted octanol–water partition coefficient (Wildman–Crippen LogP) is 0.391. The smallest absolute Gasteiger partial charge is 0.324 e. The molecule has 1 aliphatic carbocycles. The lowest BCUT2D eigenvalue weighted by atomic mass is 10.2. The van der Waals surface area contributed by atoms with E-state index in [1.807, 2.05) is 6.92 Å². The van der Waals surface area contributed by atoms with Crippen LogP contribution in [0.1, 0.15) is 26.2 Å². The largest absolute Gasteiger partial charge is 0.465 e. The van der Waals surface area contributed by atoms with Gasteiger partial charge in [-0.1, -0.05) is 0 Å². The van der Waals surface area contributed by atoms with Crippen molar-refractivity contribution >= 4 is 5.97 Å². The van der Waals surface area contributed by atoms with E-state index in [2.05, 4.69) is 17.3 Å². The summed E-state index contributed by atoms with van der Waals surface area (Å²) in [5.74, 6) is -0.129. The van der Waals surface area contributed by atoms with Crippen LogP contribution in [0.2, 0.25) is 0 Å². The van der Waals surface area contributed by atoms with Crippen molar-refractivity contribution in [3.8, 4) is 0 Å². The summed E-state index contributed by atoms with van der Waals surface area (Å²) in [5.41, 5.74) is 0. The van der Waals surface area contributed by atoms with E-state index in [1.165, 1.54) is 12.8 Å². The average molecular weight is 256 g/mol. The van der Waals surface area contributed by atoms with E-state index in [1.54, 1.807) is 0 Å². The topological polar surface area (TPSA) is 50.8 Å². The third kappa shape index (κ3) is 3.93. The molecule has 2 atom stereocenters. The zero-order chi connectivity index (χ0) is 13.0. The minimum Gasteiger partial charge on any atom is -0.465 e. The van der Waals surface area contributed by atoms with Crippen molar-refractivity contribution in [2.45, 2.75) is 44.3 Å². The van der Waals surface area contributed by atoms with Gasteiger partial charge in [-0.05, 0) is 33.2 Å². The van der Waals surface area contributed by atoms with Crippen LogP contribution < -0.4 is 5.32 Å². The number of hydrogen-bond acceptors (Lipinski definition) is 5. The van der Waals surface area contributed by atoms with Crippen molar-refractivity contribution in [1.29, 1.82) is 0 Å². The molecule has 0 amide bonds. The molecule has 1 saturated carbocycles. The zero-order valence-corrected chi connectivity index (χ0v) is 11.4. The first-order valence-corrected chi connectivity index (χ1v) is 6.91. The molecule has 104 valence electrons. The second kappa shape index (κ2) is 6.50. The zero-order valence-electron chi connectivity index (χ0n) is 11.4. The molecule has 18 heavy (non-hydrogen) atoms. The number of ether oxygens (including phenoxy) is 2. The summed E-state index contributed by atoms with van der Waals surface area (Å²) in [5, 5.41) is 3.37. The van der Waals surface area contributed by atoms with Gasteiger partial charge in [0.05, 0.1) is 13.2 Å². The Morgan fingerprint density at radius 2 is 2.28 bits per heavy atom. The van der Waals surface area contributed by atoms with Gasteiger partial charge < -0.3 is 14.8 Å². The fourth-order valence-electron chi connectivity index (χ4n) is 2.28. The summed E-state index contributed by atoms with van der Waals surface area (Å²) < 4.78 is 10.5. The van der Waals surface area contributed by atoms with E-state index in [9.17, 15) is 4.79 Å². The van der Waals surface area contributed by atoms with E-state index < -0.39 is 0 Å². The third-order valence-electron chi connectivity index (χ3n) is 3.58. The molecular formula is C13H24N2O3. The molecule has 0 aromatic rings. The molecule has 1 aliphatic heterocycles. The summed E-state index contributed by atoms with van der Waals surface area (Å²) in [7, 11) is 2.06. The summed E-state index contributed by atoms with van der Waals surface area (Å²) in [6.07, 6.45) is 3.40. The quantitative estimate of drug-likeness (QED) is 0.668. The molecule has 1 N–H and O–H groups in total. The lowest BCUT2D eigenvalue weighted by molar-refractivity contribution is -0.146. The molecule has 5 heteroatoms. The molecule has 2 aliphatic rings. The summed E-state index contributed by atoms with van der Waals surface area (Å²) >= 11 is 0. The predicted molar refractivity (Wildman–Crippen MR) is 68.4 cm³/mol. The molecule has 0 bridgehead atoms. The minimum atomic E-state index is -0.206. The number of esters is 1. The highest BCUT2D eigenvalue weighted by Gasteiger charge is 2.31. The lowest BCUT2D eigenvalue weighted by Gasteiger charge is -2.27. The number of likely N-dealkylation sites (N-methyl/N-ethyl adjacent to an activating group) is 1. The number of nitrogens with zero attached hydrogens (tertiary/aromatic N) is 1. The second-order valence-electron chi connectivity index (χ2n) is 5.20. The maximum atomic E-state index is 11.9. The van der Waals surface area contributed by atoms with Crippen molar-refractivity contribution in [3.05, 3.63) is 0 Å². The van der Waals surface area contributed by atoms with Crippen molar-refractivity contribution in [2.24, 2.45) is 0 Å². The van der Waals surface area contributed by atoms with Crippen molar-refractivity contribution in [2.75, 3.05) is 33.4 Å². The van der Waals surface area contributed by atoms with Crippen LogP contribution >= 0.6 is 0 Å². The van der Waals surface area contributed by atoms with Gasteiger partial charge in [-0.25, -0.2) is 0 Å². The molecule has 2 rings (SSSR count). The highest BCUT2D eigenvalue weighted by Crippen LogP contribution is 2.20. The molecule has 1 saturated heterocycles. The first kappa shape index (κ1) is 13.8. The van der Waals surface area contributed by atoms with Gasteiger partial charge in [0.15, 0.2) is 0 Å². The Morgan fingerprint density at radius 3 is 2.83 bits per heavy atom. The van der Waals surface area contributed by atoms with Crippen molar-refractivity contribution in [3.63, 3.8) is 0 Å². The number of carbonyl (C=O) groups excluding carboxylic acids is 1. The van der Waals surface area contributed by atoms with E-state index in [-0.39, 0.29) is 12.0 Å². The highest BCUT2D eigenvalue weighted by atomic mass is 16.5. The van der Waals surface area contributed by atoms with Gasteiger partial charge in [-0.2, -0.15) is 0 Å². The molecular weight excluding hydrogens is 232 g/mol. The van der Waals surface area contributed by atoms with Crippen molar-refractivity contribution in [1.82, 2.24) is 10.2 Å². The molecule has 0 radical (unpaired) electrons. The van der Waals surface area contributed by atoms with Gasteiger partial charge in [-0.15, -0.1) is 0 Å². The fraction of sp³-hybridized carbons (Fsp3) is 0.923. The summed E-state index contributed by atoms with van der Waals surface area (Å²) in [6, 6.07) is 0.735. The van der Waals surface area contributed by atoms with Crippen LogP contribution in [0.4, 0.5) is 0 Å². The van der Waals surface area contributed by atoms with Crippen molar-refractivity contribution < 1.29 is 14.3 Å². The van der Waals surface area contributed by atoms with Crippen LogP contribution in [0.3, 0.4) is 0 Å². The van der Waals surface area contributed by atoms with Gasteiger partial charge in [-0.3, -0.25) is 9.69 Å². The molecule has 0 spiro atoms. The molecule has 0 aromatic carbocycles. The molecule has 1 heterocycles. The van der Waals surface area contributed by atoms with Gasteiger partial charge in [0.2, 0.25) is 0 Å². The first-order valence-electron chi connectivity index (χ1n) is 6.91. The molecule has 2 fully saturated rings. The first-order chi connectivity index (χ1) is 8.70. The fourth-order valence-corrected chi connectivity index (χ4v) is 2.28. The van der Waals surface area contributed by atoms with Gasteiger partial charge >= 0.3 is 5.97 Å². The number of carbonyl (C=O) groups is 1. The Kier molecular flexibility index (Phi) is 4.97. The SMILES string of the molecule is CCOC(=O)C(CN(C)C1CCOC1)NC1CC1. The van der Waals surface area contributed by atoms with Crippen LogP contribution in [-0.2, 0) is 14.3 Å². The standard InChI is InChI=1S/C13H24N2O3/c1-3-18-13(16)12(14-10-4-5-10)8-15(2)11-6-7-17-9-11/h10-12,14H,3-9H2,1-2H3. The Labute approximate surface area is 109 Å². The van der Waals surface area contributed by atoms with Crippen LogP contribution in [0, 0.1) is 0 Å². The van der Waals surface area contributed by atoms with Crippen LogP contribution in [0.15, 0.2) is 0 Å². The number of rotatable bonds is 7. The van der Waals surface area contributed by atoms with Crippen LogP contribution in [-0.4, -0.2) is 62.4 Å². The highest BCUT2D eigenvalue weighted by molar-refractivity contribution is 5.76. The van der Waals surface area contributed by atoms with E-state index in [4.69, 9.17) is 9.47 Å². The number of nitrogens with one attached hydrogen (secondary N) is 1. The van der Waals surface area contributed by atoms with Gasteiger partial charge in [0.25, 0.3) is 0 Å². The Balaban J connectivity index is 1.84. The Hall–Kier alpha value is -0.650. The third-order valence-corrected chi connectivity index (χ3v) is 3.58. The van der Waals surface area contributed by atoms with E-state index >= 15 is 0 Å². The summed E-state index contributed by atoms with van der Waals surface area (Å²) in [4.78, 5) is 14.1. The van der Waals surface area contributed by atoms with Crippen LogP contribution in [0.5, 0.6) is 0 Å². The minimum absolute atomic E-state index is 0.129. The molecule has 2 unspecified atom stereocenters. The maximum absolute atomic E-state index is 11.9. The Bertz CT molecular complexity index is 275.